The predicted octanol–water partition coefficient (Wildman–Crippen LogP) is 2.73. The Hall–Kier alpha value is -2.71. The van der Waals surface area contributed by atoms with E-state index in [0.29, 0.717) is 30.0 Å². The molecule has 0 aliphatic rings. The third-order valence-electron chi connectivity index (χ3n) is 4.18. The number of phenolic OH excluding ortho intramolecular Hbond substituents is 2. The van der Waals surface area contributed by atoms with Crippen LogP contribution in [0.25, 0.3) is 0 Å². The second kappa shape index (κ2) is 11.3. The van der Waals surface area contributed by atoms with Gasteiger partial charge in [0.25, 0.3) is 5.91 Å². The lowest BCUT2D eigenvalue weighted by Gasteiger charge is -2.19. The standard InChI is InChI=1S/C21H26N2O5S/c1-2-16(24)13-29-10-9-19(21(28)22-15-6-4-8-18(26)12-15)23-20(27)14-5-3-7-17(25)11-14/h3-8,11-12,16,19,24-26H,2,9-10,13H2,1H3,(H,22,28)(H,23,27). The zero-order chi connectivity index (χ0) is 21.2. The largest absolute Gasteiger partial charge is 0.508 e. The highest BCUT2D eigenvalue weighted by molar-refractivity contribution is 7.99. The van der Waals surface area contributed by atoms with Gasteiger partial charge in [-0.2, -0.15) is 11.8 Å². The number of hydrogen-bond donors (Lipinski definition) is 5. The summed E-state index contributed by atoms with van der Waals surface area (Å²) in [7, 11) is 0. The number of thioether (sulfide) groups is 1. The minimum absolute atomic E-state index is 0.0206. The molecule has 0 aliphatic heterocycles. The Balaban J connectivity index is 2.05. The molecule has 0 aromatic heterocycles. The van der Waals surface area contributed by atoms with Crippen LogP contribution in [-0.2, 0) is 4.79 Å². The van der Waals surface area contributed by atoms with Gasteiger partial charge < -0.3 is 26.0 Å². The van der Waals surface area contributed by atoms with Crippen molar-refractivity contribution in [3.8, 4) is 11.5 Å². The van der Waals surface area contributed by atoms with Gasteiger partial charge >= 0.3 is 0 Å². The number of benzene rings is 2. The van der Waals surface area contributed by atoms with Crippen molar-refractivity contribution in [3.63, 3.8) is 0 Å². The van der Waals surface area contributed by atoms with Crippen LogP contribution in [0, 0.1) is 0 Å². The van der Waals surface area contributed by atoms with Gasteiger partial charge in [-0.15, -0.1) is 0 Å². The molecule has 2 aromatic carbocycles. The number of aliphatic hydroxyl groups excluding tert-OH is 1. The van der Waals surface area contributed by atoms with Crippen molar-refractivity contribution in [1.29, 1.82) is 0 Å². The van der Waals surface area contributed by atoms with Gasteiger partial charge in [0, 0.05) is 23.1 Å². The molecule has 29 heavy (non-hydrogen) atoms. The van der Waals surface area contributed by atoms with Crippen LogP contribution >= 0.6 is 11.8 Å². The first-order valence-corrected chi connectivity index (χ1v) is 10.5. The van der Waals surface area contributed by atoms with Crippen molar-refractivity contribution in [2.24, 2.45) is 0 Å². The molecule has 0 fully saturated rings. The van der Waals surface area contributed by atoms with Crippen molar-refractivity contribution in [1.82, 2.24) is 5.32 Å². The summed E-state index contributed by atoms with van der Waals surface area (Å²) < 4.78 is 0. The summed E-state index contributed by atoms with van der Waals surface area (Å²) in [4.78, 5) is 25.2. The molecular formula is C21H26N2O5S. The van der Waals surface area contributed by atoms with Gasteiger partial charge in [-0.3, -0.25) is 9.59 Å². The molecule has 0 radical (unpaired) electrons. The van der Waals surface area contributed by atoms with Crippen molar-refractivity contribution in [2.45, 2.75) is 31.9 Å². The Kier molecular flexibility index (Phi) is 8.82. The summed E-state index contributed by atoms with van der Waals surface area (Å²) in [5, 5.41) is 34.2. The Labute approximate surface area is 174 Å². The molecule has 2 rings (SSSR count). The first-order chi connectivity index (χ1) is 13.9. The normalized spacial score (nSPS) is 12.8. The second-order valence-electron chi connectivity index (χ2n) is 6.54. The average Bonchev–Trinajstić information content (AvgIpc) is 2.69. The lowest BCUT2D eigenvalue weighted by atomic mass is 10.1. The maximum absolute atomic E-state index is 12.7. The number of aliphatic hydroxyl groups is 1. The zero-order valence-electron chi connectivity index (χ0n) is 16.2. The quantitative estimate of drug-likeness (QED) is 0.379. The van der Waals surface area contributed by atoms with Gasteiger partial charge in [0.1, 0.15) is 17.5 Å². The minimum Gasteiger partial charge on any atom is -0.508 e. The molecule has 0 saturated carbocycles. The molecule has 0 spiro atoms. The Morgan fingerprint density at radius 1 is 1.07 bits per heavy atom. The molecule has 2 unspecified atom stereocenters. The third-order valence-corrected chi connectivity index (χ3v) is 5.32. The lowest BCUT2D eigenvalue weighted by molar-refractivity contribution is -0.118. The van der Waals surface area contributed by atoms with Crippen LogP contribution in [0.15, 0.2) is 48.5 Å². The second-order valence-corrected chi connectivity index (χ2v) is 7.69. The van der Waals surface area contributed by atoms with Crippen LogP contribution in [0.4, 0.5) is 5.69 Å². The SMILES string of the molecule is CCC(O)CSCCC(NC(=O)c1cccc(O)c1)C(=O)Nc1cccc(O)c1. The van der Waals surface area contributed by atoms with Crippen LogP contribution in [0.5, 0.6) is 11.5 Å². The number of carbonyl (C=O) groups is 2. The summed E-state index contributed by atoms with van der Waals surface area (Å²) in [5.74, 6) is 0.207. The summed E-state index contributed by atoms with van der Waals surface area (Å²) in [6.07, 6.45) is 0.611. The topological polar surface area (TPSA) is 119 Å². The van der Waals surface area contributed by atoms with Crippen molar-refractivity contribution >= 4 is 29.3 Å². The number of aromatic hydroxyl groups is 2. The monoisotopic (exact) mass is 418 g/mol. The summed E-state index contributed by atoms with van der Waals surface area (Å²) in [6, 6.07) is 11.2. The highest BCUT2D eigenvalue weighted by atomic mass is 32.2. The molecule has 156 valence electrons. The van der Waals surface area contributed by atoms with E-state index in [9.17, 15) is 24.9 Å². The van der Waals surface area contributed by atoms with Crippen molar-refractivity contribution < 1.29 is 24.9 Å². The van der Waals surface area contributed by atoms with Crippen LogP contribution < -0.4 is 10.6 Å². The van der Waals surface area contributed by atoms with E-state index in [1.807, 2.05) is 6.92 Å². The molecule has 7 nitrogen and oxygen atoms in total. The Bertz CT molecular complexity index is 830. The van der Waals surface area contributed by atoms with Crippen LogP contribution in [0.1, 0.15) is 30.1 Å². The molecule has 0 heterocycles. The molecule has 2 amide bonds. The number of carbonyl (C=O) groups excluding carboxylic acids is 2. The molecule has 2 aromatic rings. The van der Waals surface area contributed by atoms with E-state index < -0.39 is 24.0 Å². The fourth-order valence-corrected chi connectivity index (χ4v) is 3.59. The number of nitrogens with one attached hydrogen (secondary N) is 2. The van der Waals surface area contributed by atoms with E-state index in [2.05, 4.69) is 10.6 Å². The van der Waals surface area contributed by atoms with E-state index >= 15 is 0 Å². The Morgan fingerprint density at radius 3 is 2.41 bits per heavy atom. The zero-order valence-corrected chi connectivity index (χ0v) is 17.0. The Morgan fingerprint density at radius 2 is 1.76 bits per heavy atom. The molecule has 5 N–H and O–H groups in total. The van der Waals surface area contributed by atoms with E-state index in [1.54, 1.807) is 24.3 Å². The maximum Gasteiger partial charge on any atom is 0.252 e. The van der Waals surface area contributed by atoms with Crippen molar-refractivity contribution in [3.05, 3.63) is 54.1 Å². The maximum atomic E-state index is 12.7. The molecular weight excluding hydrogens is 392 g/mol. The summed E-state index contributed by atoms with van der Waals surface area (Å²) >= 11 is 1.50. The van der Waals surface area contributed by atoms with Crippen LogP contribution in [0.3, 0.4) is 0 Å². The number of hydrogen-bond acceptors (Lipinski definition) is 6. The van der Waals surface area contributed by atoms with Gasteiger partial charge in [0.2, 0.25) is 5.91 Å². The number of phenols is 2. The lowest BCUT2D eigenvalue weighted by Crippen LogP contribution is -2.44. The highest BCUT2D eigenvalue weighted by Gasteiger charge is 2.22. The number of anilines is 1. The van der Waals surface area contributed by atoms with E-state index in [-0.39, 0.29) is 17.1 Å². The van der Waals surface area contributed by atoms with Crippen LogP contribution in [-0.4, -0.2) is 50.8 Å². The van der Waals surface area contributed by atoms with Gasteiger partial charge in [-0.25, -0.2) is 0 Å². The van der Waals surface area contributed by atoms with E-state index in [0.717, 1.165) is 0 Å². The molecule has 0 aliphatic carbocycles. The first kappa shape index (κ1) is 22.6. The van der Waals surface area contributed by atoms with E-state index in [1.165, 1.54) is 36.0 Å². The summed E-state index contributed by atoms with van der Waals surface area (Å²) in [5.41, 5.74) is 0.662. The highest BCUT2D eigenvalue weighted by Crippen LogP contribution is 2.17. The van der Waals surface area contributed by atoms with Gasteiger partial charge in [-0.1, -0.05) is 19.1 Å². The number of amides is 2. The van der Waals surface area contributed by atoms with Crippen molar-refractivity contribution in [2.75, 3.05) is 16.8 Å². The minimum atomic E-state index is -0.821. The summed E-state index contributed by atoms with van der Waals surface area (Å²) in [6.45, 7) is 1.90. The molecule has 2 atom stereocenters. The number of rotatable bonds is 10. The fraction of sp³-hybridized carbons (Fsp3) is 0.333. The van der Waals surface area contributed by atoms with Gasteiger partial charge in [-0.05, 0) is 48.9 Å². The van der Waals surface area contributed by atoms with Gasteiger partial charge in [0.05, 0.1) is 6.10 Å². The molecule has 0 bridgehead atoms. The van der Waals surface area contributed by atoms with E-state index in [4.69, 9.17) is 0 Å². The fourth-order valence-electron chi connectivity index (χ4n) is 2.51. The third kappa shape index (κ3) is 7.67. The molecule has 8 heteroatoms. The smallest absolute Gasteiger partial charge is 0.252 e. The first-order valence-electron chi connectivity index (χ1n) is 9.34. The van der Waals surface area contributed by atoms with Gasteiger partial charge in [0.15, 0.2) is 0 Å². The predicted molar refractivity (Wildman–Crippen MR) is 114 cm³/mol. The average molecular weight is 419 g/mol. The van der Waals surface area contributed by atoms with Crippen LogP contribution in [0.2, 0.25) is 0 Å². The molecule has 0 saturated heterocycles.